The molecule has 1 aliphatic heterocycles. The van der Waals surface area contributed by atoms with Gasteiger partial charge in [0.25, 0.3) is 0 Å². The molecule has 0 spiro atoms. The van der Waals surface area contributed by atoms with Crippen molar-refractivity contribution in [2.24, 2.45) is 5.41 Å². The molecule has 26 heavy (non-hydrogen) atoms. The Bertz CT molecular complexity index is 862. The lowest BCUT2D eigenvalue weighted by molar-refractivity contribution is -0.247. The number of amides is 2. The lowest BCUT2D eigenvalue weighted by Gasteiger charge is -2.74. The van der Waals surface area contributed by atoms with Crippen LogP contribution in [0.2, 0.25) is 0 Å². The zero-order valence-corrected chi connectivity index (χ0v) is 15.8. The van der Waals surface area contributed by atoms with Crippen LogP contribution in [0.1, 0.15) is 33.1 Å². The molecule has 6 nitrogen and oxygen atoms in total. The summed E-state index contributed by atoms with van der Waals surface area (Å²) in [5.74, 6) is 0.792. The van der Waals surface area contributed by atoms with Gasteiger partial charge in [-0.3, -0.25) is 0 Å². The van der Waals surface area contributed by atoms with Crippen LogP contribution in [0.5, 0.6) is 5.75 Å². The van der Waals surface area contributed by atoms with Crippen molar-refractivity contribution in [3.8, 4) is 5.75 Å². The molecule has 3 aliphatic carbocycles. The van der Waals surface area contributed by atoms with Gasteiger partial charge in [-0.15, -0.1) is 11.3 Å². The minimum absolute atomic E-state index is 0.00703. The van der Waals surface area contributed by atoms with Gasteiger partial charge in [-0.2, -0.15) is 0 Å². The van der Waals surface area contributed by atoms with Crippen molar-refractivity contribution in [1.29, 1.82) is 0 Å². The number of carbonyl (C=O) groups is 1. The van der Waals surface area contributed by atoms with E-state index in [0.717, 1.165) is 35.2 Å². The molecule has 2 aromatic rings. The maximum atomic E-state index is 12.5. The average molecular weight is 373 g/mol. The van der Waals surface area contributed by atoms with Crippen LogP contribution < -0.4 is 10.1 Å². The zero-order valence-electron chi connectivity index (χ0n) is 15.0. The van der Waals surface area contributed by atoms with E-state index in [9.17, 15) is 9.90 Å². The van der Waals surface area contributed by atoms with E-state index in [-0.39, 0.29) is 23.1 Å². The summed E-state index contributed by atoms with van der Waals surface area (Å²) in [6.45, 7) is 4.94. The van der Waals surface area contributed by atoms with Gasteiger partial charge in [-0.1, -0.05) is 6.07 Å². The van der Waals surface area contributed by atoms with Crippen molar-refractivity contribution < 1.29 is 14.6 Å². The standard InChI is InChI=1S/C19H23N3O3S/c1-17(2,24)18-8-19(9-18,10-18)21-16(23)22-6-12(7-22)25-13-4-3-5-14-15(13)20-11-26-14/h3-5,11-12,24H,6-10H2,1-2H3,(H,21,23). The van der Waals surface area contributed by atoms with Gasteiger partial charge < -0.3 is 20.1 Å². The fourth-order valence-corrected chi connectivity index (χ4v) is 5.38. The van der Waals surface area contributed by atoms with Gasteiger partial charge in [0.15, 0.2) is 0 Å². The molecule has 2 heterocycles. The lowest BCUT2D eigenvalue weighted by atomic mass is 9.35. The maximum Gasteiger partial charge on any atom is 0.318 e. The van der Waals surface area contributed by atoms with Crippen LogP contribution >= 0.6 is 11.3 Å². The van der Waals surface area contributed by atoms with Gasteiger partial charge in [-0.25, -0.2) is 9.78 Å². The second-order valence-electron chi connectivity index (χ2n) is 8.68. The fourth-order valence-electron chi connectivity index (χ4n) is 4.69. The molecule has 4 aliphatic rings. The third kappa shape index (κ3) is 2.26. The number of hydrogen-bond acceptors (Lipinski definition) is 5. The Hall–Kier alpha value is -1.86. The first kappa shape index (κ1) is 16.3. The Labute approximate surface area is 156 Å². The van der Waals surface area contributed by atoms with Crippen LogP contribution in [-0.4, -0.2) is 51.4 Å². The van der Waals surface area contributed by atoms with Crippen LogP contribution in [0.15, 0.2) is 23.7 Å². The quantitative estimate of drug-likeness (QED) is 0.864. The predicted octanol–water partition coefficient (Wildman–Crippen LogP) is 2.76. The number of fused-ring (bicyclic) bond motifs is 1. The molecule has 2 amide bonds. The second-order valence-corrected chi connectivity index (χ2v) is 9.57. The van der Waals surface area contributed by atoms with Crippen molar-refractivity contribution in [3.05, 3.63) is 23.7 Å². The fraction of sp³-hybridized carbons (Fsp3) is 0.579. The molecule has 0 unspecified atom stereocenters. The maximum absolute atomic E-state index is 12.5. The second kappa shape index (κ2) is 5.10. The normalized spacial score (nSPS) is 30.3. The molecule has 6 rings (SSSR count). The van der Waals surface area contributed by atoms with Crippen molar-refractivity contribution >= 4 is 27.6 Å². The van der Waals surface area contributed by atoms with E-state index >= 15 is 0 Å². The Morgan fingerprint density at radius 1 is 1.38 bits per heavy atom. The highest BCUT2D eigenvalue weighted by atomic mass is 32.1. The number of nitrogens with zero attached hydrogens (tertiary/aromatic N) is 2. The minimum atomic E-state index is -0.661. The number of nitrogens with one attached hydrogen (secondary N) is 1. The Kier molecular flexibility index (Phi) is 3.20. The van der Waals surface area contributed by atoms with Crippen LogP contribution in [0.3, 0.4) is 0 Å². The molecule has 138 valence electrons. The first-order valence-corrected chi connectivity index (χ1v) is 9.96. The molecule has 0 radical (unpaired) electrons. The lowest BCUT2D eigenvalue weighted by Crippen LogP contribution is -2.81. The summed E-state index contributed by atoms with van der Waals surface area (Å²) < 4.78 is 7.14. The number of hydrogen-bond donors (Lipinski definition) is 2. The summed E-state index contributed by atoms with van der Waals surface area (Å²) in [5.41, 5.74) is 1.97. The summed E-state index contributed by atoms with van der Waals surface area (Å²) >= 11 is 1.60. The summed E-state index contributed by atoms with van der Waals surface area (Å²) in [6.07, 6.45) is 2.67. The highest BCUT2D eigenvalue weighted by Crippen LogP contribution is 2.71. The Morgan fingerprint density at radius 3 is 2.81 bits per heavy atom. The molecular weight excluding hydrogens is 350 g/mol. The summed E-state index contributed by atoms with van der Waals surface area (Å²) in [4.78, 5) is 18.6. The largest absolute Gasteiger partial charge is 0.484 e. The number of rotatable bonds is 4. The Morgan fingerprint density at radius 2 is 2.12 bits per heavy atom. The zero-order chi connectivity index (χ0) is 18.2. The van der Waals surface area contributed by atoms with Crippen molar-refractivity contribution in [2.45, 2.75) is 50.4 Å². The molecule has 4 fully saturated rings. The van der Waals surface area contributed by atoms with Crippen molar-refractivity contribution in [1.82, 2.24) is 15.2 Å². The topological polar surface area (TPSA) is 74.7 Å². The van der Waals surface area contributed by atoms with Crippen LogP contribution in [0, 0.1) is 5.41 Å². The van der Waals surface area contributed by atoms with E-state index in [4.69, 9.17) is 4.74 Å². The molecule has 1 aromatic carbocycles. The van der Waals surface area contributed by atoms with E-state index in [2.05, 4.69) is 10.3 Å². The number of carbonyl (C=O) groups excluding carboxylic acids is 1. The summed E-state index contributed by atoms with van der Waals surface area (Å²) in [5, 5.41) is 13.4. The number of aromatic nitrogens is 1. The molecule has 3 saturated carbocycles. The smallest absolute Gasteiger partial charge is 0.318 e. The monoisotopic (exact) mass is 373 g/mol. The number of aliphatic hydroxyl groups is 1. The van der Waals surface area contributed by atoms with Crippen LogP contribution in [0.4, 0.5) is 4.79 Å². The summed E-state index contributed by atoms with van der Waals surface area (Å²) in [6, 6.07) is 5.92. The van der Waals surface area contributed by atoms with Gasteiger partial charge in [-0.05, 0) is 45.2 Å². The molecule has 1 aromatic heterocycles. The average Bonchev–Trinajstić information content (AvgIpc) is 2.92. The predicted molar refractivity (Wildman–Crippen MR) is 99.5 cm³/mol. The SMILES string of the molecule is CC(C)(O)C12CC(NC(=O)N3CC(Oc4cccc5scnc45)C3)(C1)C2. The first-order valence-electron chi connectivity index (χ1n) is 9.08. The van der Waals surface area contributed by atoms with Crippen molar-refractivity contribution in [2.75, 3.05) is 13.1 Å². The molecule has 1 saturated heterocycles. The minimum Gasteiger partial charge on any atom is -0.484 e. The number of likely N-dealkylation sites (tertiary alicyclic amines) is 1. The van der Waals surface area contributed by atoms with E-state index in [1.807, 2.05) is 37.6 Å². The number of ether oxygens (including phenoxy) is 1. The van der Waals surface area contributed by atoms with Crippen LogP contribution in [0.25, 0.3) is 10.2 Å². The molecular formula is C19H23N3O3S. The Balaban J connectivity index is 1.14. The highest BCUT2D eigenvalue weighted by Gasteiger charge is 2.73. The van der Waals surface area contributed by atoms with Crippen LogP contribution in [-0.2, 0) is 0 Å². The van der Waals surface area contributed by atoms with E-state index in [1.54, 1.807) is 16.2 Å². The third-order valence-corrected chi connectivity index (χ3v) is 7.25. The van der Waals surface area contributed by atoms with Gasteiger partial charge in [0.1, 0.15) is 17.4 Å². The van der Waals surface area contributed by atoms with Gasteiger partial charge in [0.05, 0.1) is 28.9 Å². The van der Waals surface area contributed by atoms with Gasteiger partial charge in [0.2, 0.25) is 0 Å². The summed E-state index contributed by atoms with van der Waals surface area (Å²) in [7, 11) is 0. The molecule has 2 bridgehead atoms. The van der Waals surface area contributed by atoms with Crippen molar-refractivity contribution in [3.63, 3.8) is 0 Å². The van der Waals surface area contributed by atoms with E-state index in [1.165, 1.54) is 0 Å². The van der Waals surface area contributed by atoms with Gasteiger partial charge >= 0.3 is 6.03 Å². The number of urea groups is 1. The number of para-hydroxylation sites is 1. The number of benzene rings is 1. The molecule has 2 N–H and O–H groups in total. The molecule has 7 heteroatoms. The third-order valence-electron chi connectivity index (χ3n) is 6.45. The van der Waals surface area contributed by atoms with E-state index in [0.29, 0.717) is 13.1 Å². The first-order chi connectivity index (χ1) is 12.3. The van der Waals surface area contributed by atoms with E-state index < -0.39 is 5.60 Å². The molecule has 0 atom stereocenters. The number of thiazole rings is 1. The van der Waals surface area contributed by atoms with Gasteiger partial charge in [0, 0.05) is 11.0 Å². The highest BCUT2D eigenvalue weighted by molar-refractivity contribution is 7.16.